The first-order chi connectivity index (χ1) is 5.55. The molecule has 3 heteroatoms. The Morgan fingerprint density at radius 3 is 2.58 bits per heavy atom. The summed E-state index contributed by atoms with van der Waals surface area (Å²) >= 11 is 1.48. The SMILES string of the molecule is COC1SN=CC=C1C(C)(C)C. The van der Waals surface area contributed by atoms with Crippen molar-refractivity contribution in [3.63, 3.8) is 0 Å². The molecule has 0 N–H and O–H groups in total. The molecule has 0 radical (unpaired) electrons. The van der Waals surface area contributed by atoms with E-state index in [1.54, 1.807) is 7.11 Å². The topological polar surface area (TPSA) is 21.6 Å². The van der Waals surface area contributed by atoms with Crippen LogP contribution in [0.25, 0.3) is 0 Å². The molecule has 1 unspecified atom stereocenters. The summed E-state index contributed by atoms with van der Waals surface area (Å²) in [6.07, 6.45) is 3.88. The van der Waals surface area contributed by atoms with E-state index in [1.165, 1.54) is 17.5 Å². The van der Waals surface area contributed by atoms with Gasteiger partial charge in [0.1, 0.15) is 5.44 Å². The minimum atomic E-state index is 0.0926. The van der Waals surface area contributed by atoms with E-state index < -0.39 is 0 Å². The van der Waals surface area contributed by atoms with Crippen molar-refractivity contribution in [1.82, 2.24) is 0 Å². The molecule has 0 saturated carbocycles. The van der Waals surface area contributed by atoms with Gasteiger partial charge < -0.3 is 4.74 Å². The molecule has 0 bridgehead atoms. The summed E-state index contributed by atoms with van der Waals surface area (Å²) in [5.74, 6) is 0. The van der Waals surface area contributed by atoms with Crippen LogP contribution in [0.5, 0.6) is 0 Å². The lowest BCUT2D eigenvalue weighted by Gasteiger charge is -2.29. The Morgan fingerprint density at radius 1 is 1.50 bits per heavy atom. The van der Waals surface area contributed by atoms with Gasteiger partial charge in [0.25, 0.3) is 0 Å². The van der Waals surface area contributed by atoms with Gasteiger partial charge in [0.2, 0.25) is 0 Å². The van der Waals surface area contributed by atoms with E-state index in [4.69, 9.17) is 4.74 Å². The monoisotopic (exact) mass is 185 g/mol. The van der Waals surface area contributed by atoms with Crippen molar-refractivity contribution >= 4 is 18.2 Å². The number of nitrogens with zero attached hydrogens (tertiary/aromatic N) is 1. The van der Waals surface area contributed by atoms with Gasteiger partial charge in [-0.05, 0) is 17.1 Å². The molecule has 1 aliphatic heterocycles. The van der Waals surface area contributed by atoms with E-state index in [0.29, 0.717) is 0 Å². The van der Waals surface area contributed by atoms with Crippen molar-refractivity contribution in [3.05, 3.63) is 11.6 Å². The number of methoxy groups -OCH3 is 1. The number of ether oxygens (including phenoxy) is 1. The molecule has 0 aromatic heterocycles. The summed E-state index contributed by atoms with van der Waals surface area (Å²) in [5, 5.41) is 0. The molecule has 0 amide bonds. The van der Waals surface area contributed by atoms with Gasteiger partial charge in [-0.1, -0.05) is 20.8 Å². The Kier molecular flexibility index (Phi) is 2.96. The summed E-state index contributed by atoms with van der Waals surface area (Å²) in [6, 6.07) is 0. The molecule has 0 aliphatic carbocycles. The van der Waals surface area contributed by atoms with Crippen molar-refractivity contribution in [2.45, 2.75) is 26.2 Å². The predicted molar refractivity (Wildman–Crippen MR) is 54.4 cm³/mol. The van der Waals surface area contributed by atoms with Crippen LogP contribution in [-0.4, -0.2) is 18.8 Å². The molecule has 0 spiro atoms. The summed E-state index contributed by atoms with van der Waals surface area (Å²) < 4.78 is 9.39. The molecular weight excluding hydrogens is 170 g/mol. The second-order valence-corrected chi connectivity index (χ2v) is 4.65. The highest BCUT2D eigenvalue weighted by Crippen LogP contribution is 2.36. The summed E-state index contributed by atoms with van der Waals surface area (Å²) in [7, 11) is 1.72. The van der Waals surface area contributed by atoms with Crippen LogP contribution in [-0.2, 0) is 4.74 Å². The minimum absolute atomic E-state index is 0.0926. The van der Waals surface area contributed by atoms with E-state index in [2.05, 4.69) is 25.2 Å². The third-order valence-corrected chi connectivity index (χ3v) is 2.69. The molecule has 1 heterocycles. The number of hydrogen-bond acceptors (Lipinski definition) is 3. The van der Waals surface area contributed by atoms with Gasteiger partial charge in [0, 0.05) is 25.3 Å². The second kappa shape index (κ2) is 3.62. The third kappa shape index (κ3) is 2.11. The van der Waals surface area contributed by atoms with E-state index in [0.717, 1.165) is 0 Å². The maximum atomic E-state index is 5.31. The highest BCUT2D eigenvalue weighted by Gasteiger charge is 2.26. The fourth-order valence-electron chi connectivity index (χ4n) is 1.11. The van der Waals surface area contributed by atoms with E-state index in [1.807, 2.05) is 12.3 Å². The van der Waals surface area contributed by atoms with Crippen LogP contribution in [0, 0.1) is 5.41 Å². The van der Waals surface area contributed by atoms with E-state index in [9.17, 15) is 0 Å². The molecule has 1 rings (SSSR count). The quantitative estimate of drug-likeness (QED) is 0.586. The average molecular weight is 185 g/mol. The standard InChI is InChI=1S/C9H15NOS/c1-9(2,3)7-5-6-10-12-8(7)11-4/h5-6,8H,1-4H3. The maximum Gasteiger partial charge on any atom is 0.146 e. The highest BCUT2D eigenvalue weighted by molar-refractivity contribution is 7.98. The van der Waals surface area contributed by atoms with Gasteiger partial charge >= 0.3 is 0 Å². The first-order valence-corrected chi connectivity index (χ1v) is 4.82. The van der Waals surface area contributed by atoms with Crippen molar-refractivity contribution < 1.29 is 4.74 Å². The molecule has 0 aromatic rings. The smallest absolute Gasteiger partial charge is 0.146 e. The molecule has 2 nitrogen and oxygen atoms in total. The first kappa shape index (κ1) is 9.81. The van der Waals surface area contributed by atoms with Crippen molar-refractivity contribution in [2.75, 3.05) is 7.11 Å². The molecule has 1 aliphatic rings. The van der Waals surface area contributed by atoms with Gasteiger partial charge in [0.05, 0.1) is 0 Å². The molecule has 0 aromatic carbocycles. The Morgan fingerprint density at radius 2 is 2.17 bits per heavy atom. The molecule has 68 valence electrons. The molecule has 12 heavy (non-hydrogen) atoms. The zero-order valence-electron chi connectivity index (χ0n) is 8.00. The van der Waals surface area contributed by atoms with Gasteiger partial charge in [-0.3, -0.25) is 0 Å². The summed E-state index contributed by atoms with van der Waals surface area (Å²) in [6.45, 7) is 6.56. The minimum Gasteiger partial charge on any atom is -0.364 e. The van der Waals surface area contributed by atoms with Crippen LogP contribution in [0.15, 0.2) is 16.0 Å². The zero-order chi connectivity index (χ0) is 9.19. The highest BCUT2D eigenvalue weighted by atomic mass is 32.2. The Hall–Kier alpha value is -0.280. The van der Waals surface area contributed by atoms with Crippen LogP contribution in [0.3, 0.4) is 0 Å². The summed E-state index contributed by atoms with van der Waals surface area (Å²) in [5.41, 5.74) is 1.56. The second-order valence-electron chi connectivity index (χ2n) is 3.80. The van der Waals surface area contributed by atoms with Crippen molar-refractivity contribution in [2.24, 2.45) is 9.81 Å². The van der Waals surface area contributed by atoms with Gasteiger partial charge in [-0.15, -0.1) is 0 Å². The first-order valence-electron chi connectivity index (χ1n) is 3.98. The number of allylic oxidation sites excluding steroid dienone is 1. The fraction of sp³-hybridized carbons (Fsp3) is 0.667. The van der Waals surface area contributed by atoms with Gasteiger partial charge in [-0.2, -0.15) is 0 Å². The van der Waals surface area contributed by atoms with Gasteiger partial charge in [-0.25, -0.2) is 4.40 Å². The predicted octanol–water partition coefficient (Wildman–Crippen LogP) is 2.66. The lowest BCUT2D eigenvalue weighted by Crippen LogP contribution is -2.22. The zero-order valence-corrected chi connectivity index (χ0v) is 8.81. The Balaban J connectivity index is 2.84. The third-order valence-electron chi connectivity index (χ3n) is 1.81. The van der Waals surface area contributed by atoms with Crippen LogP contribution < -0.4 is 0 Å². The van der Waals surface area contributed by atoms with Crippen molar-refractivity contribution in [3.8, 4) is 0 Å². The van der Waals surface area contributed by atoms with E-state index >= 15 is 0 Å². The summed E-state index contributed by atoms with van der Waals surface area (Å²) in [4.78, 5) is 0. The average Bonchev–Trinajstić information content (AvgIpc) is 2.03. The Bertz CT molecular complexity index is 215. The van der Waals surface area contributed by atoms with Crippen molar-refractivity contribution in [1.29, 1.82) is 0 Å². The number of rotatable bonds is 1. The lowest BCUT2D eigenvalue weighted by atomic mass is 9.86. The molecule has 0 saturated heterocycles. The normalized spacial score (nSPS) is 24.0. The molecule has 0 fully saturated rings. The van der Waals surface area contributed by atoms with Crippen LogP contribution in [0.4, 0.5) is 0 Å². The van der Waals surface area contributed by atoms with Crippen LogP contribution >= 0.6 is 11.9 Å². The largest absolute Gasteiger partial charge is 0.364 e. The fourth-order valence-corrected chi connectivity index (χ4v) is 1.98. The number of hydrogen-bond donors (Lipinski definition) is 0. The molecular formula is C9H15NOS. The Labute approximate surface area is 78.2 Å². The maximum absolute atomic E-state index is 5.31. The molecule has 1 atom stereocenters. The van der Waals surface area contributed by atoms with Crippen LogP contribution in [0.2, 0.25) is 0 Å². The van der Waals surface area contributed by atoms with E-state index in [-0.39, 0.29) is 10.9 Å². The lowest BCUT2D eigenvalue weighted by molar-refractivity contribution is 0.181. The van der Waals surface area contributed by atoms with Gasteiger partial charge in [0.15, 0.2) is 0 Å². The van der Waals surface area contributed by atoms with Crippen LogP contribution in [0.1, 0.15) is 20.8 Å².